The van der Waals surface area contributed by atoms with Gasteiger partial charge in [-0.25, -0.2) is 17.6 Å². The number of sulfonamides is 1. The lowest BCUT2D eigenvalue weighted by molar-refractivity contribution is -0.119. The Morgan fingerprint density at radius 2 is 1.64 bits per heavy atom. The van der Waals surface area contributed by atoms with E-state index in [4.69, 9.17) is 16.3 Å². The second kappa shape index (κ2) is 11.1. The first-order valence-corrected chi connectivity index (χ1v) is 12.9. The average Bonchev–Trinajstić information content (AvgIpc) is 2.88. The van der Waals surface area contributed by atoms with E-state index < -0.39 is 28.5 Å². The molecular weight excluding hydrogens is 509 g/mol. The predicted molar refractivity (Wildman–Crippen MR) is 134 cm³/mol. The molecule has 36 heavy (non-hydrogen) atoms. The van der Waals surface area contributed by atoms with E-state index in [1.54, 1.807) is 36.4 Å². The molecule has 0 unspecified atom stereocenters. The Morgan fingerprint density at radius 3 is 2.33 bits per heavy atom. The van der Waals surface area contributed by atoms with Crippen LogP contribution in [0.25, 0.3) is 0 Å². The molecular formula is C25H23ClFN3O5S. The van der Waals surface area contributed by atoms with E-state index in [1.165, 1.54) is 40.7 Å². The van der Waals surface area contributed by atoms with Crippen LogP contribution in [0.3, 0.4) is 0 Å². The zero-order valence-electron chi connectivity index (χ0n) is 19.1. The Bertz CT molecular complexity index is 1360. The summed E-state index contributed by atoms with van der Waals surface area (Å²) in [6.45, 7) is 0.798. The zero-order valence-corrected chi connectivity index (χ0v) is 20.6. The van der Waals surface area contributed by atoms with Gasteiger partial charge < -0.3 is 15.0 Å². The maximum atomic E-state index is 13.2. The number of amides is 1. The molecule has 11 heteroatoms. The largest absolute Gasteiger partial charge is 0.452 e. The topological polar surface area (TPSA) is 96.0 Å². The lowest BCUT2D eigenvalue weighted by Gasteiger charge is -2.35. The molecule has 1 heterocycles. The van der Waals surface area contributed by atoms with Gasteiger partial charge in [-0.3, -0.25) is 4.79 Å². The number of nitrogens with zero attached hydrogens (tertiary/aromatic N) is 2. The molecule has 188 valence electrons. The van der Waals surface area contributed by atoms with Crippen molar-refractivity contribution in [2.24, 2.45) is 0 Å². The lowest BCUT2D eigenvalue weighted by Crippen LogP contribution is -2.48. The van der Waals surface area contributed by atoms with Gasteiger partial charge in [-0.05, 0) is 60.7 Å². The highest BCUT2D eigenvalue weighted by Gasteiger charge is 2.29. The number of benzene rings is 3. The molecule has 0 aliphatic carbocycles. The van der Waals surface area contributed by atoms with Gasteiger partial charge in [0.15, 0.2) is 6.61 Å². The summed E-state index contributed by atoms with van der Waals surface area (Å²) in [5.41, 5.74) is 1.28. The number of nitrogens with one attached hydrogen (secondary N) is 1. The molecule has 0 aromatic heterocycles. The number of halogens is 2. The number of hydrogen-bond acceptors (Lipinski definition) is 6. The minimum atomic E-state index is -3.86. The van der Waals surface area contributed by atoms with Crippen molar-refractivity contribution >= 4 is 44.9 Å². The van der Waals surface area contributed by atoms with Gasteiger partial charge in [0.1, 0.15) is 5.82 Å². The summed E-state index contributed by atoms with van der Waals surface area (Å²) in [6.07, 6.45) is 0. The fraction of sp³-hybridized carbons (Fsp3) is 0.200. The van der Waals surface area contributed by atoms with Crippen molar-refractivity contribution in [3.05, 3.63) is 89.2 Å². The number of carbonyl (C=O) groups is 2. The van der Waals surface area contributed by atoms with Crippen LogP contribution in [0.4, 0.5) is 15.8 Å². The number of anilines is 2. The van der Waals surface area contributed by atoms with Crippen LogP contribution in [0.15, 0.2) is 77.7 Å². The molecule has 1 saturated heterocycles. The number of esters is 1. The maximum absolute atomic E-state index is 13.2. The number of piperazine rings is 1. The molecule has 3 aromatic carbocycles. The van der Waals surface area contributed by atoms with E-state index >= 15 is 0 Å². The molecule has 8 nitrogen and oxygen atoms in total. The van der Waals surface area contributed by atoms with Crippen LogP contribution in [0.5, 0.6) is 0 Å². The normalized spacial score (nSPS) is 14.3. The van der Waals surface area contributed by atoms with Crippen LogP contribution in [0.2, 0.25) is 5.02 Å². The summed E-state index contributed by atoms with van der Waals surface area (Å²) >= 11 is 5.88. The van der Waals surface area contributed by atoms with E-state index in [9.17, 15) is 22.4 Å². The first-order valence-electron chi connectivity index (χ1n) is 11.1. The fourth-order valence-electron chi connectivity index (χ4n) is 3.75. The SMILES string of the molecule is O=C(COC(=O)c1cccc(S(=O)(=O)N2CCN(c3ccc(F)cc3)CC2)c1)Nc1cccc(Cl)c1. The van der Waals surface area contributed by atoms with E-state index in [2.05, 4.69) is 5.32 Å². The van der Waals surface area contributed by atoms with Gasteiger partial charge >= 0.3 is 5.97 Å². The van der Waals surface area contributed by atoms with Crippen LogP contribution >= 0.6 is 11.6 Å². The average molecular weight is 532 g/mol. The molecule has 0 bridgehead atoms. The van der Waals surface area contributed by atoms with Gasteiger partial charge in [-0.1, -0.05) is 23.7 Å². The number of ether oxygens (including phenoxy) is 1. The molecule has 1 N–H and O–H groups in total. The molecule has 3 aromatic rings. The standard InChI is InChI=1S/C25H23ClFN3O5S/c26-19-4-2-5-21(16-19)28-24(31)17-35-25(32)18-3-1-6-23(15-18)36(33,34)30-13-11-29(12-14-30)22-9-7-20(27)8-10-22/h1-10,15-16H,11-14,17H2,(H,28,31). The Balaban J connectivity index is 1.35. The first-order chi connectivity index (χ1) is 17.2. The predicted octanol–water partition coefficient (Wildman–Crippen LogP) is 3.79. The highest BCUT2D eigenvalue weighted by atomic mass is 35.5. The molecule has 1 aliphatic heterocycles. The third kappa shape index (κ3) is 6.20. The summed E-state index contributed by atoms with van der Waals surface area (Å²) < 4.78 is 45.9. The Morgan fingerprint density at radius 1 is 0.944 bits per heavy atom. The summed E-state index contributed by atoms with van der Waals surface area (Å²) in [7, 11) is -3.86. The minimum Gasteiger partial charge on any atom is -0.452 e. The van der Waals surface area contributed by atoms with E-state index in [-0.39, 0.29) is 29.4 Å². The van der Waals surface area contributed by atoms with Gasteiger partial charge in [-0.2, -0.15) is 4.31 Å². The van der Waals surface area contributed by atoms with Crippen molar-refractivity contribution < 1.29 is 27.1 Å². The van der Waals surface area contributed by atoms with Gasteiger partial charge in [0.05, 0.1) is 10.5 Å². The van der Waals surface area contributed by atoms with E-state index in [1.807, 2.05) is 4.90 Å². The van der Waals surface area contributed by atoms with Crippen molar-refractivity contribution in [1.82, 2.24) is 4.31 Å². The molecule has 0 saturated carbocycles. The molecule has 0 spiro atoms. The van der Waals surface area contributed by atoms with Gasteiger partial charge in [0.2, 0.25) is 10.0 Å². The molecule has 0 radical (unpaired) electrons. The van der Waals surface area contributed by atoms with Crippen molar-refractivity contribution in [3.63, 3.8) is 0 Å². The van der Waals surface area contributed by atoms with E-state index in [0.29, 0.717) is 23.8 Å². The first kappa shape index (κ1) is 25.6. The number of carbonyl (C=O) groups excluding carboxylic acids is 2. The quantitative estimate of drug-likeness (QED) is 0.466. The lowest BCUT2D eigenvalue weighted by atomic mass is 10.2. The molecule has 1 amide bonds. The second-order valence-electron chi connectivity index (χ2n) is 8.03. The van der Waals surface area contributed by atoms with Gasteiger partial charge in [0.25, 0.3) is 5.91 Å². The molecule has 4 rings (SSSR count). The Hall–Kier alpha value is -3.47. The third-order valence-electron chi connectivity index (χ3n) is 5.58. The Kier molecular flexibility index (Phi) is 7.88. The van der Waals surface area contributed by atoms with Crippen molar-refractivity contribution in [3.8, 4) is 0 Å². The third-order valence-corrected chi connectivity index (χ3v) is 7.71. The van der Waals surface area contributed by atoms with Crippen molar-refractivity contribution in [1.29, 1.82) is 0 Å². The molecule has 0 atom stereocenters. The van der Waals surface area contributed by atoms with Crippen LogP contribution in [0, 0.1) is 5.82 Å². The van der Waals surface area contributed by atoms with Gasteiger partial charge in [0, 0.05) is 42.6 Å². The van der Waals surface area contributed by atoms with Crippen molar-refractivity contribution in [2.45, 2.75) is 4.90 Å². The molecule has 1 fully saturated rings. The monoisotopic (exact) mass is 531 g/mol. The summed E-state index contributed by atoms with van der Waals surface area (Å²) in [4.78, 5) is 26.5. The van der Waals surface area contributed by atoms with E-state index in [0.717, 1.165) is 5.69 Å². The summed E-state index contributed by atoms with van der Waals surface area (Å²) in [5.74, 6) is -1.72. The van der Waals surface area contributed by atoms with Crippen LogP contribution in [0.1, 0.15) is 10.4 Å². The van der Waals surface area contributed by atoms with Crippen LogP contribution < -0.4 is 10.2 Å². The summed E-state index contributed by atoms with van der Waals surface area (Å²) in [6, 6.07) is 18.1. The Labute approximate surface area is 213 Å². The highest BCUT2D eigenvalue weighted by molar-refractivity contribution is 7.89. The molecule has 1 aliphatic rings. The number of hydrogen-bond donors (Lipinski definition) is 1. The smallest absolute Gasteiger partial charge is 0.338 e. The fourth-order valence-corrected chi connectivity index (χ4v) is 5.41. The second-order valence-corrected chi connectivity index (χ2v) is 10.4. The zero-order chi connectivity index (χ0) is 25.7. The van der Waals surface area contributed by atoms with Crippen LogP contribution in [-0.4, -0.2) is 57.4 Å². The van der Waals surface area contributed by atoms with Crippen LogP contribution in [-0.2, 0) is 19.6 Å². The maximum Gasteiger partial charge on any atom is 0.338 e. The van der Waals surface area contributed by atoms with Crippen molar-refractivity contribution in [2.75, 3.05) is 43.0 Å². The van der Waals surface area contributed by atoms with Gasteiger partial charge in [-0.15, -0.1) is 0 Å². The minimum absolute atomic E-state index is 0.0107. The summed E-state index contributed by atoms with van der Waals surface area (Å²) in [5, 5.41) is 3.00. The number of rotatable bonds is 7. The highest BCUT2D eigenvalue weighted by Crippen LogP contribution is 2.22.